The Morgan fingerprint density at radius 3 is 2.88 bits per heavy atom. The van der Waals surface area contributed by atoms with Gasteiger partial charge in [0.25, 0.3) is 0 Å². The highest BCUT2D eigenvalue weighted by Gasteiger charge is 2.31. The number of nitrogens with zero attached hydrogens (tertiary/aromatic N) is 4. The van der Waals surface area contributed by atoms with Crippen LogP contribution >= 0.6 is 0 Å². The molecular formula is C9H17N5O2S. The summed E-state index contributed by atoms with van der Waals surface area (Å²) in [6.07, 6.45) is 0.599. The minimum atomic E-state index is -2.91. The van der Waals surface area contributed by atoms with E-state index in [-0.39, 0.29) is 17.5 Å². The van der Waals surface area contributed by atoms with Crippen LogP contribution in [0.1, 0.15) is 32.1 Å². The molecule has 1 unspecified atom stereocenters. The molecule has 1 aromatic heterocycles. The van der Waals surface area contributed by atoms with Crippen molar-refractivity contribution in [1.82, 2.24) is 25.5 Å². The average Bonchev–Trinajstić information content (AvgIpc) is 2.80. The summed E-state index contributed by atoms with van der Waals surface area (Å²) >= 11 is 0. The lowest BCUT2D eigenvalue weighted by Crippen LogP contribution is -2.25. The summed E-state index contributed by atoms with van der Waals surface area (Å²) in [5, 5.41) is 14.7. The van der Waals surface area contributed by atoms with Gasteiger partial charge in [-0.15, -0.1) is 5.10 Å². The second-order valence-electron chi connectivity index (χ2n) is 4.63. The van der Waals surface area contributed by atoms with Gasteiger partial charge in [0, 0.05) is 6.04 Å². The number of sulfone groups is 1. The molecule has 1 saturated heterocycles. The number of hydrogen-bond acceptors (Lipinski definition) is 6. The van der Waals surface area contributed by atoms with E-state index in [4.69, 9.17) is 0 Å². The van der Waals surface area contributed by atoms with E-state index in [0.717, 1.165) is 0 Å². The van der Waals surface area contributed by atoms with Crippen LogP contribution in [0, 0.1) is 0 Å². The van der Waals surface area contributed by atoms with Crippen LogP contribution in [0.25, 0.3) is 0 Å². The van der Waals surface area contributed by atoms with E-state index in [0.29, 0.717) is 24.8 Å². The lowest BCUT2D eigenvalue weighted by atomic mass is 10.2. The molecule has 1 fully saturated rings. The number of hydrogen-bond donors (Lipinski definition) is 1. The summed E-state index contributed by atoms with van der Waals surface area (Å²) < 4.78 is 24.5. The maximum absolute atomic E-state index is 11.4. The maximum atomic E-state index is 11.4. The van der Waals surface area contributed by atoms with Crippen molar-refractivity contribution in [1.29, 1.82) is 0 Å². The quantitative estimate of drug-likeness (QED) is 0.786. The maximum Gasteiger partial charge on any atom is 0.165 e. The van der Waals surface area contributed by atoms with E-state index in [9.17, 15) is 8.42 Å². The molecule has 7 nitrogen and oxygen atoms in total. The van der Waals surface area contributed by atoms with Crippen LogP contribution in [0.3, 0.4) is 0 Å². The molecule has 2 heterocycles. The van der Waals surface area contributed by atoms with Gasteiger partial charge in [0.05, 0.1) is 24.1 Å². The Hall–Kier alpha value is -1.02. The fourth-order valence-corrected chi connectivity index (χ4v) is 3.57. The molecule has 0 bridgehead atoms. The van der Waals surface area contributed by atoms with Gasteiger partial charge < -0.3 is 5.32 Å². The molecule has 1 aliphatic rings. The van der Waals surface area contributed by atoms with E-state index in [2.05, 4.69) is 20.8 Å². The summed E-state index contributed by atoms with van der Waals surface area (Å²) in [5.74, 6) is 1.07. The number of nitrogens with one attached hydrogen (secondary N) is 1. The largest absolute Gasteiger partial charge is 0.308 e. The van der Waals surface area contributed by atoms with Gasteiger partial charge in [-0.05, 0) is 16.8 Å². The van der Waals surface area contributed by atoms with Crippen molar-refractivity contribution in [2.45, 2.75) is 38.9 Å². The highest BCUT2D eigenvalue weighted by Crippen LogP contribution is 2.23. The molecule has 0 radical (unpaired) electrons. The zero-order valence-corrected chi connectivity index (χ0v) is 10.8. The van der Waals surface area contributed by atoms with Crippen molar-refractivity contribution in [3.8, 4) is 0 Å². The third kappa shape index (κ3) is 3.01. The first-order valence-corrected chi connectivity index (χ1v) is 7.50. The summed E-state index contributed by atoms with van der Waals surface area (Å²) in [7, 11) is -2.91. The van der Waals surface area contributed by atoms with Crippen LogP contribution < -0.4 is 5.32 Å². The first kappa shape index (κ1) is 12.4. The molecule has 1 aliphatic heterocycles. The Labute approximate surface area is 101 Å². The van der Waals surface area contributed by atoms with Gasteiger partial charge in [-0.25, -0.2) is 13.1 Å². The smallest absolute Gasteiger partial charge is 0.165 e. The highest BCUT2D eigenvalue weighted by atomic mass is 32.2. The fourth-order valence-electron chi connectivity index (χ4n) is 1.88. The van der Waals surface area contributed by atoms with Crippen molar-refractivity contribution in [3.05, 3.63) is 5.82 Å². The van der Waals surface area contributed by atoms with E-state index in [1.165, 1.54) is 0 Å². The molecule has 17 heavy (non-hydrogen) atoms. The monoisotopic (exact) mass is 259 g/mol. The predicted molar refractivity (Wildman–Crippen MR) is 62.1 cm³/mol. The lowest BCUT2D eigenvalue weighted by molar-refractivity contribution is 0.450. The lowest BCUT2D eigenvalue weighted by Gasteiger charge is -2.11. The molecule has 1 atom stereocenters. The van der Waals surface area contributed by atoms with Gasteiger partial charge in [-0.2, -0.15) is 0 Å². The molecule has 1 aromatic rings. The molecule has 0 amide bonds. The second-order valence-corrected chi connectivity index (χ2v) is 6.86. The summed E-state index contributed by atoms with van der Waals surface area (Å²) in [6.45, 7) is 4.63. The number of tetrazole rings is 1. The third-order valence-corrected chi connectivity index (χ3v) is 4.53. The minimum Gasteiger partial charge on any atom is -0.308 e. The molecule has 1 N–H and O–H groups in total. The van der Waals surface area contributed by atoms with Crippen molar-refractivity contribution in [2.24, 2.45) is 0 Å². The Balaban J connectivity index is 2.09. The normalized spacial score (nSPS) is 23.4. The highest BCUT2D eigenvalue weighted by molar-refractivity contribution is 7.91. The Kier molecular flexibility index (Phi) is 3.43. The summed E-state index contributed by atoms with van der Waals surface area (Å²) in [6, 6.07) is 0.228. The zero-order chi connectivity index (χ0) is 12.5. The van der Waals surface area contributed by atoms with E-state index in [1.807, 2.05) is 13.8 Å². The van der Waals surface area contributed by atoms with E-state index in [1.54, 1.807) is 4.68 Å². The van der Waals surface area contributed by atoms with Crippen molar-refractivity contribution < 1.29 is 8.42 Å². The van der Waals surface area contributed by atoms with Gasteiger partial charge in [-0.3, -0.25) is 0 Å². The zero-order valence-electron chi connectivity index (χ0n) is 10.00. The Bertz CT molecular complexity index is 481. The van der Waals surface area contributed by atoms with E-state index < -0.39 is 9.84 Å². The summed E-state index contributed by atoms with van der Waals surface area (Å²) in [4.78, 5) is 0. The third-order valence-electron chi connectivity index (χ3n) is 2.78. The van der Waals surface area contributed by atoms with Crippen molar-refractivity contribution in [2.75, 3.05) is 11.5 Å². The molecule has 0 saturated carbocycles. The number of rotatable bonds is 4. The van der Waals surface area contributed by atoms with Crippen LogP contribution in [0.15, 0.2) is 0 Å². The SMILES string of the molecule is CC(C)NCc1nnnn1C1CCS(=O)(=O)C1. The molecule has 8 heteroatoms. The van der Waals surface area contributed by atoms with Gasteiger partial charge in [0.2, 0.25) is 0 Å². The Morgan fingerprint density at radius 1 is 1.53 bits per heavy atom. The first-order valence-electron chi connectivity index (χ1n) is 5.68. The molecule has 96 valence electrons. The van der Waals surface area contributed by atoms with Gasteiger partial charge >= 0.3 is 0 Å². The predicted octanol–water partition coefficient (Wildman–Crippen LogP) is -0.469. The van der Waals surface area contributed by atoms with Crippen LogP contribution in [-0.4, -0.2) is 46.2 Å². The molecule has 0 aliphatic carbocycles. The van der Waals surface area contributed by atoms with Crippen LogP contribution in [0.5, 0.6) is 0 Å². The van der Waals surface area contributed by atoms with Crippen molar-refractivity contribution in [3.63, 3.8) is 0 Å². The topological polar surface area (TPSA) is 89.8 Å². The molecule has 0 aromatic carbocycles. The number of aromatic nitrogens is 4. The molecule has 2 rings (SSSR count). The van der Waals surface area contributed by atoms with Gasteiger partial charge in [-0.1, -0.05) is 13.8 Å². The van der Waals surface area contributed by atoms with Crippen molar-refractivity contribution >= 4 is 9.84 Å². The van der Waals surface area contributed by atoms with Gasteiger partial charge in [0.15, 0.2) is 15.7 Å². The van der Waals surface area contributed by atoms with E-state index >= 15 is 0 Å². The molecular weight excluding hydrogens is 242 g/mol. The second kappa shape index (κ2) is 4.69. The average molecular weight is 259 g/mol. The van der Waals surface area contributed by atoms with Crippen LogP contribution in [0.2, 0.25) is 0 Å². The fraction of sp³-hybridized carbons (Fsp3) is 0.889. The first-order chi connectivity index (χ1) is 7.98. The summed E-state index contributed by atoms with van der Waals surface area (Å²) in [5.41, 5.74) is 0. The van der Waals surface area contributed by atoms with Gasteiger partial charge in [0.1, 0.15) is 0 Å². The molecule has 0 spiro atoms. The Morgan fingerprint density at radius 2 is 2.29 bits per heavy atom. The van der Waals surface area contributed by atoms with Crippen LogP contribution in [-0.2, 0) is 16.4 Å². The standard InChI is InChI=1S/C9H17N5O2S/c1-7(2)10-5-9-11-12-13-14(9)8-3-4-17(15,16)6-8/h7-8,10H,3-6H2,1-2H3. The minimum absolute atomic E-state index is 0.112. The van der Waals surface area contributed by atoms with Crippen LogP contribution in [0.4, 0.5) is 0 Å².